The van der Waals surface area contributed by atoms with Crippen LogP contribution < -0.4 is 4.90 Å². The summed E-state index contributed by atoms with van der Waals surface area (Å²) in [5.74, 6) is 0. The monoisotopic (exact) mass is 775 g/mol. The average Bonchev–Trinajstić information content (AvgIpc) is 3.73. The van der Waals surface area contributed by atoms with Crippen molar-refractivity contribution in [2.24, 2.45) is 0 Å². The molecule has 1 heteroatoms. The summed E-state index contributed by atoms with van der Waals surface area (Å²) in [5.41, 5.74) is 21.2. The predicted octanol–water partition coefficient (Wildman–Crippen LogP) is 15.8. The lowest BCUT2D eigenvalue weighted by Gasteiger charge is -2.40. The Bertz CT molecular complexity index is 3460. The maximum Gasteiger partial charge on any atom is 0.0726 e. The summed E-state index contributed by atoms with van der Waals surface area (Å²) < 4.78 is 0. The van der Waals surface area contributed by atoms with Crippen molar-refractivity contribution in [3.05, 3.63) is 246 Å². The molecule has 0 saturated carbocycles. The zero-order chi connectivity index (χ0) is 40.5. The van der Waals surface area contributed by atoms with Crippen LogP contribution in [0.3, 0.4) is 0 Å². The van der Waals surface area contributed by atoms with Crippen molar-refractivity contribution in [3.8, 4) is 44.5 Å². The Hall–Kier alpha value is -7.48. The Morgan fingerprint density at radius 2 is 0.852 bits per heavy atom. The van der Waals surface area contributed by atoms with Gasteiger partial charge >= 0.3 is 0 Å². The number of fused-ring (bicyclic) bond motifs is 13. The molecular formula is C60H41N. The molecule has 1 spiro atoms. The first kappa shape index (κ1) is 34.4. The normalized spacial score (nSPS) is 15.9. The van der Waals surface area contributed by atoms with E-state index in [-0.39, 0.29) is 5.41 Å². The fourth-order valence-corrected chi connectivity index (χ4v) is 11.7. The Morgan fingerprint density at radius 3 is 1.66 bits per heavy atom. The summed E-state index contributed by atoms with van der Waals surface area (Å²) in [5, 5.41) is 5.07. The lowest BCUT2D eigenvalue weighted by Crippen LogP contribution is -2.32. The number of anilines is 3. The lowest BCUT2D eigenvalue weighted by atomic mass is 9.61. The third-order valence-electron chi connectivity index (χ3n) is 14.3. The third kappa shape index (κ3) is 4.56. The molecule has 0 aliphatic heterocycles. The second-order valence-corrected chi connectivity index (χ2v) is 17.6. The van der Waals surface area contributed by atoms with Crippen molar-refractivity contribution in [2.45, 2.75) is 24.7 Å². The molecule has 0 saturated heterocycles. The molecule has 286 valence electrons. The van der Waals surface area contributed by atoms with Gasteiger partial charge in [-0.2, -0.15) is 0 Å². The first-order valence-corrected chi connectivity index (χ1v) is 21.5. The highest BCUT2D eigenvalue weighted by atomic mass is 15.1. The molecule has 1 atom stereocenters. The van der Waals surface area contributed by atoms with Crippen molar-refractivity contribution in [3.63, 3.8) is 0 Å². The van der Waals surface area contributed by atoms with Crippen LogP contribution in [-0.2, 0) is 10.8 Å². The number of hydrogen-bond donors (Lipinski definition) is 0. The number of hydrogen-bond acceptors (Lipinski definition) is 1. The van der Waals surface area contributed by atoms with E-state index in [0.29, 0.717) is 0 Å². The molecule has 1 nitrogen and oxygen atoms in total. The van der Waals surface area contributed by atoms with E-state index in [0.717, 1.165) is 17.1 Å². The summed E-state index contributed by atoms with van der Waals surface area (Å²) >= 11 is 0. The quantitative estimate of drug-likeness (QED) is 0.172. The van der Waals surface area contributed by atoms with Gasteiger partial charge in [0.05, 0.1) is 11.1 Å². The first-order chi connectivity index (χ1) is 30.0. The zero-order valence-electron chi connectivity index (χ0n) is 34.2. The zero-order valence-corrected chi connectivity index (χ0v) is 34.2. The Labute approximate surface area is 356 Å². The van der Waals surface area contributed by atoms with Gasteiger partial charge in [0.2, 0.25) is 0 Å². The van der Waals surface area contributed by atoms with E-state index in [4.69, 9.17) is 0 Å². The second kappa shape index (κ2) is 12.5. The van der Waals surface area contributed by atoms with Crippen LogP contribution in [0.25, 0.3) is 66.1 Å². The van der Waals surface area contributed by atoms with E-state index in [9.17, 15) is 0 Å². The maximum atomic E-state index is 2.53. The summed E-state index contributed by atoms with van der Waals surface area (Å²) in [6.45, 7) is 4.72. The Kier molecular flexibility index (Phi) is 7.06. The molecule has 1 unspecified atom stereocenters. The predicted molar refractivity (Wildman–Crippen MR) is 255 cm³/mol. The summed E-state index contributed by atoms with van der Waals surface area (Å²) in [4.78, 5) is 2.52. The molecule has 0 amide bonds. The molecule has 0 bridgehead atoms. The molecule has 0 heterocycles. The van der Waals surface area contributed by atoms with Gasteiger partial charge in [0.15, 0.2) is 0 Å². The van der Waals surface area contributed by atoms with Crippen molar-refractivity contribution < 1.29 is 0 Å². The van der Waals surface area contributed by atoms with Crippen LogP contribution in [0.1, 0.15) is 47.2 Å². The van der Waals surface area contributed by atoms with Crippen LogP contribution in [0.4, 0.5) is 17.1 Å². The van der Waals surface area contributed by atoms with Crippen LogP contribution in [-0.4, -0.2) is 0 Å². The number of benzene rings is 10. The van der Waals surface area contributed by atoms with Crippen molar-refractivity contribution in [1.82, 2.24) is 0 Å². The molecule has 3 aliphatic rings. The highest BCUT2D eigenvalue weighted by Gasteiger charge is 2.50. The highest BCUT2D eigenvalue weighted by molar-refractivity contribution is 6.12. The minimum atomic E-state index is -0.550. The molecule has 0 fully saturated rings. The van der Waals surface area contributed by atoms with Gasteiger partial charge in [-0.05, 0) is 124 Å². The molecule has 61 heavy (non-hydrogen) atoms. The molecule has 0 aromatic heterocycles. The second-order valence-electron chi connectivity index (χ2n) is 17.6. The molecule has 0 radical (unpaired) electrons. The van der Waals surface area contributed by atoms with Gasteiger partial charge in [-0.15, -0.1) is 0 Å². The topological polar surface area (TPSA) is 3.24 Å². The lowest BCUT2D eigenvalue weighted by molar-refractivity contribution is 0.660. The van der Waals surface area contributed by atoms with Gasteiger partial charge in [0, 0.05) is 22.2 Å². The average molecular weight is 776 g/mol. The summed E-state index contributed by atoms with van der Waals surface area (Å²) in [6.07, 6.45) is 0. The first-order valence-electron chi connectivity index (χ1n) is 21.5. The van der Waals surface area contributed by atoms with Gasteiger partial charge in [0.1, 0.15) is 0 Å². The summed E-state index contributed by atoms with van der Waals surface area (Å²) in [6, 6.07) is 80.0. The van der Waals surface area contributed by atoms with Crippen LogP contribution in [0.15, 0.2) is 212 Å². The van der Waals surface area contributed by atoms with E-state index >= 15 is 0 Å². The van der Waals surface area contributed by atoms with Gasteiger partial charge < -0.3 is 4.90 Å². The van der Waals surface area contributed by atoms with Crippen molar-refractivity contribution in [2.75, 3.05) is 4.90 Å². The smallest absolute Gasteiger partial charge is 0.0726 e. The van der Waals surface area contributed by atoms with Crippen molar-refractivity contribution >= 4 is 38.6 Å². The number of rotatable bonds is 4. The largest absolute Gasteiger partial charge is 0.310 e. The fraction of sp³-hybridized carbons (Fsp3) is 0.0667. The molecule has 0 N–H and O–H groups in total. The number of nitrogens with zero attached hydrogens (tertiary/aromatic N) is 1. The Balaban J connectivity index is 1.12. The maximum absolute atomic E-state index is 2.53. The van der Waals surface area contributed by atoms with E-state index in [1.165, 1.54) is 99.4 Å². The van der Waals surface area contributed by atoms with Gasteiger partial charge in [-0.3, -0.25) is 0 Å². The van der Waals surface area contributed by atoms with E-state index in [2.05, 4.69) is 231 Å². The van der Waals surface area contributed by atoms with Gasteiger partial charge in [-0.1, -0.05) is 196 Å². The molecule has 13 rings (SSSR count). The van der Waals surface area contributed by atoms with E-state index in [1.54, 1.807) is 0 Å². The minimum absolute atomic E-state index is 0.0769. The standard InChI is InChI=1S/C60H41N/c1-59(2)51-25-11-8-23-46(51)50-36-40(31-35-52(50)59)61(57-29-14-19-39-18-6-7-20-43(39)57)41-30-32-47-44-21-9-12-26-53(44)60(56(47)37-41)54-27-13-10-22-45(54)49-34-33-42(38-16-4-3-5-17-38)48-24-15-28-55(60)58(48)49/h3-37H,1-2H3. The third-order valence-corrected chi connectivity index (χ3v) is 14.3. The van der Waals surface area contributed by atoms with Gasteiger partial charge in [-0.25, -0.2) is 0 Å². The Morgan fingerprint density at radius 1 is 0.328 bits per heavy atom. The molecule has 10 aromatic rings. The van der Waals surface area contributed by atoms with Gasteiger partial charge in [0.25, 0.3) is 0 Å². The molecule has 10 aromatic carbocycles. The molecule has 3 aliphatic carbocycles. The van der Waals surface area contributed by atoms with Crippen LogP contribution >= 0.6 is 0 Å². The summed E-state index contributed by atoms with van der Waals surface area (Å²) in [7, 11) is 0. The molecular weight excluding hydrogens is 735 g/mol. The van der Waals surface area contributed by atoms with Crippen LogP contribution in [0, 0.1) is 0 Å². The van der Waals surface area contributed by atoms with Crippen molar-refractivity contribution in [1.29, 1.82) is 0 Å². The van der Waals surface area contributed by atoms with Crippen LogP contribution in [0.5, 0.6) is 0 Å². The highest BCUT2D eigenvalue weighted by Crippen LogP contribution is 2.63. The van der Waals surface area contributed by atoms with E-state index < -0.39 is 5.41 Å². The van der Waals surface area contributed by atoms with Crippen LogP contribution in [0.2, 0.25) is 0 Å². The minimum Gasteiger partial charge on any atom is -0.310 e. The fourth-order valence-electron chi connectivity index (χ4n) is 11.7. The SMILES string of the molecule is CC1(C)c2ccccc2-c2cc(N(c3ccc4c(c3)C3(c5ccccc5-4)c4ccccc4-c4ccc(-c5ccccc5)c5cccc3c45)c3cccc4ccccc34)ccc21. The van der Waals surface area contributed by atoms with E-state index in [1.807, 2.05) is 0 Å².